The summed E-state index contributed by atoms with van der Waals surface area (Å²) < 4.78 is 14.2. The van der Waals surface area contributed by atoms with E-state index in [9.17, 15) is 4.39 Å². The highest BCUT2D eigenvalue weighted by Gasteiger charge is 2.19. The molecule has 1 aliphatic heterocycles. The lowest BCUT2D eigenvalue weighted by molar-refractivity contribution is 0.240. The van der Waals surface area contributed by atoms with E-state index < -0.39 is 0 Å². The fourth-order valence-electron chi connectivity index (χ4n) is 2.40. The molecule has 110 valence electrons. The van der Waals surface area contributed by atoms with Gasteiger partial charge in [-0.3, -0.25) is 4.90 Å². The van der Waals surface area contributed by atoms with Gasteiger partial charge in [-0.1, -0.05) is 11.6 Å². The van der Waals surface area contributed by atoms with Crippen LogP contribution in [-0.4, -0.2) is 30.6 Å². The summed E-state index contributed by atoms with van der Waals surface area (Å²) >= 11 is 3.46. The van der Waals surface area contributed by atoms with Crippen LogP contribution in [-0.2, 0) is 0 Å². The highest BCUT2D eigenvalue weighted by atomic mass is 79.9. The molecule has 1 fully saturated rings. The summed E-state index contributed by atoms with van der Waals surface area (Å²) in [6.07, 6.45) is 4.47. The predicted molar refractivity (Wildman–Crippen MR) is 86.6 cm³/mol. The number of hydrogen-bond acceptors (Lipinski definition) is 2. The molecule has 1 aliphatic rings. The number of hydrogen-bond donors (Lipinski definition) is 1. The molecule has 1 saturated heterocycles. The molecular formula is C16H22BrFN2. The minimum Gasteiger partial charge on any atom is -0.381 e. The smallest absolute Gasteiger partial charge is 0.125 e. The van der Waals surface area contributed by atoms with Crippen LogP contribution in [0.2, 0.25) is 0 Å². The van der Waals surface area contributed by atoms with Crippen molar-refractivity contribution in [3.05, 3.63) is 40.1 Å². The molecule has 20 heavy (non-hydrogen) atoms. The molecule has 1 N–H and O–H groups in total. The van der Waals surface area contributed by atoms with E-state index >= 15 is 0 Å². The molecule has 1 aromatic rings. The number of nitrogens with zero attached hydrogens (tertiary/aromatic N) is 1. The number of piperidine rings is 1. The van der Waals surface area contributed by atoms with Crippen molar-refractivity contribution in [3.63, 3.8) is 0 Å². The number of rotatable bonds is 4. The van der Waals surface area contributed by atoms with Crippen molar-refractivity contribution in [3.8, 4) is 0 Å². The number of allylic oxidation sites excluding steroid dienone is 1. The first-order valence-corrected chi connectivity index (χ1v) is 7.91. The second-order valence-electron chi connectivity index (χ2n) is 5.62. The van der Waals surface area contributed by atoms with Crippen LogP contribution in [0.25, 0.3) is 0 Å². The van der Waals surface area contributed by atoms with Gasteiger partial charge in [-0.25, -0.2) is 4.39 Å². The highest BCUT2D eigenvalue weighted by molar-refractivity contribution is 9.10. The predicted octanol–water partition coefficient (Wildman–Crippen LogP) is 4.43. The molecule has 0 saturated carbocycles. The highest BCUT2D eigenvalue weighted by Crippen LogP contribution is 2.25. The van der Waals surface area contributed by atoms with Gasteiger partial charge in [0.25, 0.3) is 0 Å². The van der Waals surface area contributed by atoms with Crippen LogP contribution in [0.4, 0.5) is 10.1 Å². The molecule has 0 atom stereocenters. The Kier molecular flexibility index (Phi) is 5.61. The number of likely N-dealkylation sites (tertiary alicyclic amines) is 1. The first kappa shape index (κ1) is 15.5. The summed E-state index contributed by atoms with van der Waals surface area (Å²) in [6.45, 7) is 7.49. The Labute approximate surface area is 129 Å². The third-order valence-corrected chi connectivity index (χ3v) is 4.32. The van der Waals surface area contributed by atoms with Gasteiger partial charge in [0, 0.05) is 30.1 Å². The zero-order valence-corrected chi connectivity index (χ0v) is 13.7. The van der Waals surface area contributed by atoms with Crippen LogP contribution < -0.4 is 5.32 Å². The molecule has 0 unspecified atom stereocenters. The molecule has 0 aromatic heterocycles. The quantitative estimate of drug-likeness (QED) is 0.815. The van der Waals surface area contributed by atoms with E-state index in [1.807, 2.05) is 0 Å². The van der Waals surface area contributed by atoms with Crippen molar-refractivity contribution in [1.82, 2.24) is 4.90 Å². The van der Waals surface area contributed by atoms with E-state index in [0.29, 0.717) is 6.04 Å². The lowest BCUT2D eigenvalue weighted by Crippen LogP contribution is -2.39. The van der Waals surface area contributed by atoms with Gasteiger partial charge in [0.15, 0.2) is 0 Å². The normalized spacial score (nSPS) is 17.0. The number of anilines is 1. The fraction of sp³-hybridized carbons (Fsp3) is 0.500. The fourth-order valence-corrected chi connectivity index (χ4v) is 2.76. The number of benzene rings is 1. The van der Waals surface area contributed by atoms with Gasteiger partial charge in [0.2, 0.25) is 0 Å². The summed E-state index contributed by atoms with van der Waals surface area (Å²) in [5.74, 6) is -0.198. The van der Waals surface area contributed by atoms with E-state index in [0.717, 1.165) is 42.6 Å². The Morgan fingerprint density at radius 3 is 2.75 bits per heavy atom. The second kappa shape index (κ2) is 7.23. The van der Waals surface area contributed by atoms with Crippen LogP contribution in [0.5, 0.6) is 0 Å². The van der Waals surface area contributed by atoms with Crippen molar-refractivity contribution in [2.75, 3.05) is 25.0 Å². The van der Waals surface area contributed by atoms with Crippen LogP contribution in [0.1, 0.15) is 26.7 Å². The van der Waals surface area contributed by atoms with Crippen molar-refractivity contribution in [2.24, 2.45) is 0 Å². The van der Waals surface area contributed by atoms with Gasteiger partial charge in [-0.15, -0.1) is 0 Å². The monoisotopic (exact) mass is 340 g/mol. The van der Waals surface area contributed by atoms with Crippen molar-refractivity contribution in [1.29, 1.82) is 0 Å². The molecule has 0 bridgehead atoms. The zero-order chi connectivity index (χ0) is 14.5. The maximum Gasteiger partial charge on any atom is 0.125 e. The summed E-state index contributed by atoms with van der Waals surface area (Å²) in [4.78, 5) is 2.46. The molecule has 0 radical (unpaired) electrons. The first-order valence-electron chi connectivity index (χ1n) is 7.12. The summed E-state index contributed by atoms with van der Waals surface area (Å²) in [5, 5.41) is 3.45. The van der Waals surface area contributed by atoms with Gasteiger partial charge in [0.05, 0.1) is 5.69 Å². The minimum atomic E-state index is -0.198. The summed E-state index contributed by atoms with van der Waals surface area (Å²) in [5.41, 5.74) is 2.22. The van der Waals surface area contributed by atoms with Gasteiger partial charge < -0.3 is 5.32 Å². The molecule has 4 heteroatoms. The van der Waals surface area contributed by atoms with Crippen LogP contribution in [0, 0.1) is 5.82 Å². The molecular weight excluding hydrogens is 319 g/mol. The minimum absolute atomic E-state index is 0.198. The topological polar surface area (TPSA) is 15.3 Å². The van der Waals surface area contributed by atoms with E-state index in [1.165, 1.54) is 11.6 Å². The average Bonchev–Trinajstić information content (AvgIpc) is 2.42. The molecule has 0 aliphatic carbocycles. The molecule has 2 nitrogen and oxygen atoms in total. The SMILES string of the molecule is CC(C)=CCN1CCC(Nc2cc(F)ccc2Br)CC1. The van der Waals surface area contributed by atoms with E-state index in [2.05, 4.69) is 46.1 Å². The summed E-state index contributed by atoms with van der Waals surface area (Å²) in [6, 6.07) is 5.20. The van der Waals surface area contributed by atoms with Crippen molar-refractivity contribution < 1.29 is 4.39 Å². The molecule has 0 spiro atoms. The standard InChI is InChI=1S/C16H22BrFN2/c1-12(2)5-8-20-9-6-14(7-10-20)19-16-11-13(18)3-4-15(16)17/h3-5,11,14,19H,6-10H2,1-2H3. The molecule has 1 heterocycles. The maximum atomic E-state index is 13.3. The largest absolute Gasteiger partial charge is 0.381 e. The molecule has 2 rings (SSSR count). The van der Waals surface area contributed by atoms with E-state index in [1.54, 1.807) is 12.1 Å². The van der Waals surface area contributed by atoms with Crippen LogP contribution in [0.3, 0.4) is 0 Å². The lowest BCUT2D eigenvalue weighted by atomic mass is 10.0. The zero-order valence-electron chi connectivity index (χ0n) is 12.1. The number of nitrogens with one attached hydrogen (secondary N) is 1. The Bertz CT molecular complexity index is 475. The second-order valence-corrected chi connectivity index (χ2v) is 6.48. The van der Waals surface area contributed by atoms with Crippen LogP contribution in [0.15, 0.2) is 34.3 Å². The van der Waals surface area contributed by atoms with Crippen molar-refractivity contribution >= 4 is 21.6 Å². The van der Waals surface area contributed by atoms with E-state index in [4.69, 9.17) is 0 Å². The van der Waals surface area contributed by atoms with Crippen molar-refractivity contribution in [2.45, 2.75) is 32.7 Å². The Morgan fingerprint density at radius 2 is 2.10 bits per heavy atom. The van der Waals surface area contributed by atoms with Crippen LogP contribution >= 0.6 is 15.9 Å². The summed E-state index contributed by atoms with van der Waals surface area (Å²) in [7, 11) is 0. The third-order valence-electron chi connectivity index (χ3n) is 3.63. The maximum absolute atomic E-state index is 13.3. The first-order chi connectivity index (χ1) is 9.54. The van der Waals surface area contributed by atoms with Gasteiger partial charge in [-0.05, 0) is 60.8 Å². The number of halogens is 2. The average molecular weight is 341 g/mol. The molecule has 0 amide bonds. The third kappa shape index (κ3) is 4.60. The Morgan fingerprint density at radius 1 is 1.40 bits per heavy atom. The van der Waals surface area contributed by atoms with E-state index in [-0.39, 0.29) is 5.82 Å². The van der Waals surface area contributed by atoms with Gasteiger partial charge in [0.1, 0.15) is 5.82 Å². The Balaban J connectivity index is 1.85. The molecule has 1 aromatic carbocycles. The lowest BCUT2D eigenvalue weighted by Gasteiger charge is -2.32. The van der Waals surface area contributed by atoms with Gasteiger partial charge >= 0.3 is 0 Å². The Hall–Kier alpha value is -0.870. The van der Waals surface area contributed by atoms with Gasteiger partial charge in [-0.2, -0.15) is 0 Å².